The summed E-state index contributed by atoms with van der Waals surface area (Å²) in [7, 11) is 6.05. The first-order chi connectivity index (χ1) is 8.99. The molecule has 0 aliphatic heterocycles. The van der Waals surface area contributed by atoms with Crippen LogP contribution in [0.2, 0.25) is 0 Å². The molecule has 2 aromatic rings. The zero-order chi connectivity index (χ0) is 14.0. The van der Waals surface area contributed by atoms with Gasteiger partial charge in [0.1, 0.15) is 0 Å². The van der Waals surface area contributed by atoms with Crippen LogP contribution in [0, 0.1) is 6.92 Å². The third-order valence-electron chi connectivity index (χ3n) is 3.25. The first kappa shape index (κ1) is 13.9. The molecule has 0 aliphatic carbocycles. The van der Waals surface area contributed by atoms with Gasteiger partial charge in [-0.2, -0.15) is 5.10 Å². The minimum absolute atomic E-state index is 0.775. The number of nitrogens with zero attached hydrogens (tertiary/aromatic N) is 3. The molecule has 0 spiro atoms. The maximum absolute atomic E-state index is 4.26. The summed E-state index contributed by atoms with van der Waals surface area (Å²) in [5.74, 6) is 0. The summed E-state index contributed by atoms with van der Waals surface area (Å²) in [6.45, 7) is 2.86. The fourth-order valence-electron chi connectivity index (χ4n) is 1.95. The maximum atomic E-state index is 4.26. The quantitative estimate of drug-likeness (QED) is 0.938. The normalized spacial score (nSPS) is 10.6. The molecule has 102 valence electrons. The van der Waals surface area contributed by atoms with E-state index >= 15 is 0 Å². The topological polar surface area (TPSA) is 33.1 Å². The van der Waals surface area contributed by atoms with E-state index in [1.807, 2.05) is 32.0 Å². The van der Waals surface area contributed by atoms with Crippen molar-refractivity contribution in [3.05, 3.63) is 40.1 Å². The van der Waals surface area contributed by atoms with Crippen LogP contribution < -0.4 is 10.2 Å². The molecule has 0 saturated heterocycles. The van der Waals surface area contributed by atoms with Crippen LogP contribution in [0.1, 0.15) is 11.3 Å². The Morgan fingerprint density at radius 1 is 1.37 bits per heavy atom. The van der Waals surface area contributed by atoms with E-state index in [9.17, 15) is 0 Å². The summed E-state index contributed by atoms with van der Waals surface area (Å²) < 4.78 is 2.97. The van der Waals surface area contributed by atoms with Crippen LogP contribution in [0.5, 0.6) is 0 Å². The average Bonchev–Trinajstić information content (AvgIpc) is 2.67. The van der Waals surface area contributed by atoms with Gasteiger partial charge in [0.25, 0.3) is 0 Å². The van der Waals surface area contributed by atoms with Gasteiger partial charge in [-0.05, 0) is 25.1 Å². The Morgan fingerprint density at radius 2 is 2.11 bits per heavy atom. The molecule has 0 atom stereocenters. The van der Waals surface area contributed by atoms with Crippen molar-refractivity contribution in [2.75, 3.05) is 24.3 Å². The Labute approximate surface area is 122 Å². The number of aromatic nitrogens is 2. The van der Waals surface area contributed by atoms with Gasteiger partial charge in [-0.1, -0.05) is 15.9 Å². The van der Waals surface area contributed by atoms with E-state index in [0.29, 0.717) is 0 Å². The molecular weight excluding hydrogens is 304 g/mol. The first-order valence-corrected chi connectivity index (χ1v) is 6.96. The highest BCUT2D eigenvalue weighted by molar-refractivity contribution is 9.10. The monoisotopic (exact) mass is 322 g/mol. The van der Waals surface area contributed by atoms with Crippen molar-refractivity contribution in [1.29, 1.82) is 0 Å². The number of halogens is 1. The van der Waals surface area contributed by atoms with E-state index in [-0.39, 0.29) is 0 Å². The highest BCUT2D eigenvalue weighted by Gasteiger charge is 2.07. The van der Waals surface area contributed by atoms with E-state index in [1.54, 1.807) is 0 Å². The Balaban J connectivity index is 2.19. The predicted octanol–water partition coefficient (Wildman–Crippen LogP) is 3.17. The second kappa shape index (κ2) is 5.65. The minimum atomic E-state index is 0.775. The standard InChI is InChI=1S/C14H19BrN4/c1-10-11(9-17-19(10)4)8-16-13-7-12(15)5-6-14(13)18(2)3/h5-7,9,16H,8H2,1-4H3. The van der Waals surface area contributed by atoms with Gasteiger partial charge < -0.3 is 10.2 Å². The summed E-state index contributed by atoms with van der Waals surface area (Å²) in [6, 6.07) is 6.25. The lowest BCUT2D eigenvalue weighted by atomic mass is 10.2. The molecule has 0 radical (unpaired) electrons. The van der Waals surface area contributed by atoms with Crippen LogP contribution in [-0.2, 0) is 13.6 Å². The molecule has 0 saturated carbocycles. The number of hydrogen-bond acceptors (Lipinski definition) is 3. The Bertz CT molecular complexity index is 575. The molecule has 0 unspecified atom stereocenters. The highest BCUT2D eigenvalue weighted by atomic mass is 79.9. The smallest absolute Gasteiger partial charge is 0.0597 e. The van der Waals surface area contributed by atoms with Crippen molar-refractivity contribution in [3.63, 3.8) is 0 Å². The molecule has 1 aromatic heterocycles. The molecule has 0 fully saturated rings. The van der Waals surface area contributed by atoms with E-state index < -0.39 is 0 Å². The van der Waals surface area contributed by atoms with Crippen LogP contribution >= 0.6 is 15.9 Å². The molecule has 0 amide bonds. The predicted molar refractivity (Wildman–Crippen MR) is 83.7 cm³/mol. The second-order valence-electron chi connectivity index (χ2n) is 4.79. The Morgan fingerprint density at radius 3 is 2.68 bits per heavy atom. The van der Waals surface area contributed by atoms with Crippen LogP contribution in [0.25, 0.3) is 0 Å². The number of aryl methyl sites for hydroxylation is 1. The van der Waals surface area contributed by atoms with E-state index in [0.717, 1.165) is 16.7 Å². The third kappa shape index (κ3) is 3.10. The van der Waals surface area contributed by atoms with E-state index in [1.165, 1.54) is 16.9 Å². The zero-order valence-electron chi connectivity index (χ0n) is 11.7. The van der Waals surface area contributed by atoms with Crippen molar-refractivity contribution >= 4 is 27.3 Å². The fraction of sp³-hybridized carbons (Fsp3) is 0.357. The lowest BCUT2D eigenvalue weighted by Gasteiger charge is -2.19. The molecule has 4 nitrogen and oxygen atoms in total. The summed E-state index contributed by atoms with van der Waals surface area (Å²) >= 11 is 3.52. The minimum Gasteiger partial charge on any atom is -0.379 e. The molecule has 1 N–H and O–H groups in total. The summed E-state index contributed by atoms with van der Waals surface area (Å²) in [6.07, 6.45) is 1.91. The SMILES string of the molecule is Cc1c(CNc2cc(Br)ccc2N(C)C)cnn1C. The summed E-state index contributed by atoms with van der Waals surface area (Å²) in [5.41, 5.74) is 4.69. The molecule has 1 heterocycles. The van der Waals surface area contributed by atoms with Gasteiger partial charge in [0.15, 0.2) is 0 Å². The van der Waals surface area contributed by atoms with Crippen molar-refractivity contribution in [1.82, 2.24) is 9.78 Å². The van der Waals surface area contributed by atoms with E-state index in [2.05, 4.69) is 56.4 Å². The van der Waals surface area contributed by atoms with Crippen molar-refractivity contribution in [2.24, 2.45) is 7.05 Å². The highest BCUT2D eigenvalue weighted by Crippen LogP contribution is 2.28. The van der Waals surface area contributed by atoms with Crippen LogP contribution in [-0.4, -0.2) is 23.9 Å². The van der Waals surface area contributed by atoms with Gasteiger partial charge in [0, 0.05) is 43.4 Å². The van der Waals surface area contributed by atoms with Crippen molar-refractivity contribution in [2.45, 2.75) is 13.5 Å². The largest absolute Gasteiger partial charge is 0.379 e. The number of benzene rings is 1. The van der Waals surface area contributed by atoms with Crippen LogP contribution in [0.15, 0.2) is 28.9 Å². The fourth-order valence-corrected chi connectivity index (χ4v) is 2.31. The molecule has 0 aliphatic rings. The first-order valence-electron chi connectivity index (χ1n) is 6.17. The molecule has 1 aromatic carbocycles. The summed E-state index contributed by atoms with van der Waals surface area (Å²) in [5, 5.41) is 7.74. The third-order valence-corrected chi connectivity index (χ3v) is 3.74. The molecule has 5 heteroatoms. The van der Waals surface area contributed by atoms with Crippen LogP contribution in [0.4, 0.5) is 11.4 Å². The molecule has 2 rings (SSSR count). The Hall–Kier alpha value is -1.49. The van der Waals surface area contributed by atoms with Crippen molar-refractivity contribution in [3.8, 4) is 0 Å². The summed E-state index contributed by atoms with van der Waals surface area (Å²) in [4.78, 5) is 2.10. The molecule has 19 heavy (non-hydrogen) atoms. The number of anilines is 2. The zero-order valence-corrected chi connectivity index (χ0v) is 13.3. The average molecular weight is 323 g/mol. The number of nitrogens with one attached hydrogen (secondary N) is 1. The Kier molecular flexibility index (Phi) is 4.14. The molecule has 0 bridgehead atoms. The number of rotatable bonds is 4. The van der Waals surface area contributed by atoms with Gasteiger partial charge in [0.05, 0.1) is 17.6 Å². The number of hydrogen-bond donors (Lipinski definition) is 1. The lowest BCUT2D eigenvalue weighted by Crippen LogP contribution is -2.12. The lowest BCUT2D eigenvalue weighted by molar-refractivity contribution is 0.738. The second-order valence-corrected chi connectivity index (χ2v) is 5.70. The van der Waals surface area contributed by atoms with Gasteiger partial charge in [-0.25, -0.2) is 0 Å². The van der Waals surface area contributed by atoms with E-state index in [4.69, 9.17) is 0 Å². The molecular formula is C14H19BrN4. The van der Waals surface area contributed by atoms with Gasteiger partial charge in [-0.15, -0.1) is 0 Å². The van der Waals surface area contributed by atoms with Crippen LogP contribution in [0.3, 0.4) is 0 Å². The van der Waals surface area contributed by atoms with Gasteiger partial charge >= 0.3 is 0 Å². The maximum Gasteiger partial charge on any atom is 0.0597 e. The van der Waals surface area contributed by atoms with Gasteiger partial charge in [-0.3, -0.25) is 4.68 Å². The van der Waals surface area contributed by atoms with Gasteiger partial charge in [0.2, 0.25) is 0 Å². The van der Waals surface area contributed by atoms with Crippen molar-refractivity contribution < 1.29 is 0 Å².